The molecule has 1 aromatic rings. The summed E-state index contributed by atoms with van der Waals surface area (Å²) < 4.78 is 25.7. The van der Waals surface area contributed by atoms with Gasteiger partial charge in [0.2, 0.25) is 0 Å². The van der Waals surface area contributed by atoms with Crippen LogP contribution in [0.2, 0.25) is 0 Å². The molecular formula is C11H16F2N2. The molecule has 0 fully saturated rings. The molecule has 2 N–H and O–H groups in total. The summed E-state index contributed by atoms with van der Waals surface area (Å²) in [6.45, 7) is 3.08. The summed E-state index contributed by atoms with van der Waals surface area (Å²) in [6.07, 6.45) is 0. The molecule has 1 aromatic carbocycles. The van der Waals surface area contributed by atoms with E-state index in [1.54, 1.807) is 0 Å². The first kappa shape index (κ1) is 12.1. The molecule has 84 valence electrons. The van der Waals surface area contributed by atoms with Gasteiger partial charge in [-0.3, -0.25) is 0 Å². The highest BCUT2D eigenvalue weighted by molar-refractivity contribution is 5.17. The lowest BCUT2D eigenvalue weighted by molar-refractivity contribution is 0.309. The number of rotatable bonds is 4. The first-order valence-electron chi connectivity index (χ1n) is 4.86. The van der Waals surface area contributed by atoms with E-state index in [4.69, 9.17) is 5.73 Å². The lowest BCUT2D eigenvalue weighted by Gasteiger charge is -2.18. The van der Waals surface area contributed by atoms with Crippen molar-refractivity contribution in [3.63, 3.8) is 0 Å². The van der Waals surface area contributed by atoms with E-state index in [9.17, 15) is 8.78 Å². The predicted octanol–water partition coefficient (Wildman–Crippen LogP) is 1.74. The second-order valence-electron chi connectivity index (χ2n) is 3.95. The third-order valence-corrected chi connectivity index (χ3v) is 1.97. The molecule has 0 aliphatic rings. The Morgan fingerprint density at radius 2 is 1.80 bits per heavy atom. The van der Waals surface area contributed by atoms with Gasteiger partial charge in [-0.05, 0) is 31.7 Å². The average Bonchev–Trinajstić information content (AvgIpc) is 1.98. The average molecular weight is 214 g/mol. The number of nitrogens with two attached hydrogens (primary N) is 1. The second-order valence-corrected chi connectivity index (χ2v) is 3.95. The summed E-state index contributed by atoms with van der Waals surface area (Å²) in [7, 11) is 1.87. The molecule has 0 aliphatic heterocycles. The number of likely N-dealkylation sites (N-methyl/N-ethyl adjacent to an activating group) is 1. The van der Waals surface area contributed by atoms with E-state index in [-0.39, 0.29) is 6.04 Å². The predicted molar refractivity (Wildman–Crippen MR) is 56.3 cm³/mol. The van der Waals surface area contributed by atoms with Crippen molar-refractivity contribution in [1.82, 2.24) is 4.90 Å². The van der Waals surface area contributed by atoms with Crippen LogP contribution in [0.1, 0.15) is 12.5 Å². The number of hydrogen-bond donors (Lipinski definition) is 1. The van der Waals surface area contributed by atoms with Crippen LogP contribution in [0, 0.1) is 11.6 Å². The molecule has 0 spiro atoms. The Kier molecular flexibility index (Phi) is 4.17. The van der Waals surface area contributed by atoms with Gasteiger partial charge in [0.25, 0.3) is 0 Å². The van der Waals surface area contributed by atoms with Crippen molar-refractivity contribution in [2.24, 2.45) is 5.73 Å². The van der Waals surface area contributed by atoms with E-state index in [0.717, 1.165) is 6.07 Å². The summed E-state index contributed by atoms with van der Waals surface area (Å²) in [5, 5.41) is 0. The molecule has 15 heavy (non-hydrogen) atoms. The van der Waals surface area contributed by atoms with Crippen molar-refractivity contribution in [2.75, 3.05) is 13.6 Å². The van der Waals surface area contributed by atoms with Crippen LogP contribution in [0.15, 0.2) is 18.2 Å². The lowest BCUT2D eigenvalue weighted by atomic mass is 10.2. The molecule has 0 heterocycles. The van der Waals surface area contributed by atoms with Crippen LogP contribution < -0.4 is 5.73 Å². The van der Waals surface area contributed by atoms with Crippen LogP contribution in [-0.2, 0) is 6.54 Å². The number of nitrogens with zero attached hydrogens (tertiary/aromatic N) is 1. The van der Waals surface area contributed by atoms with Crippen molar-refractivity contribution in [2.45, 2.75) is 19.5 Å². The van der Waals surface area contributed by atoms with E-state index in [2.05, 4.69) is 0 Å². The van der Waals surface area contributed by atoms with Crippen LogP contribution in [0.25, 0.3) is 0 Å². The molecule has 0 amide bonds. The zero-order chi connectivity index (χ0) is 11.4. The van der Waals surface area contributed by atoms with Crippen molar-refractivity contribution in [3.05, 3.63) is 35.4 Å². The summed E-state index contributed by atoms with van der Waals surface area (Å²) in [4.78, 5) is 1.93. The van der Waals surface area contributed by atoms with Gasteiger partial charge in [0, 0.05) is 25.2 Å². The van der Waals surface area contributed by atoms with Gasteiger partial charge >= 0.3 is 0 Å². The number of benzene rings is 1. The van der Waals surface area contributed by atoms with Gasteiger partial charge in [-0.2, -0.15) is 0 Å². The molecule has 0 aliphatic carbocycles. The molecule has 1 atom stereocenters. The number of hydrogen-bond acceptors (Lipinski definition) is 2. The van der Waals surface area contributed by atoms with Gasteiger partial charge in [0.05, 0.1) is 0 Å². The quantitative estimate of drug-likeness (QED) is 0.827. The smallest absolute Gasteiger partial charge is 0.126 e. The Labute approximate surface area is 88.7 Å². The van der Waals surface area contributed by atoms with Gasteiger partial charge in [0.15, 0.2) is 0 Å². The minimum Gasteiger partial charge on any atom is -0.327 e. The fourth-order valence-electron chi connectivity index (χ4n) is 1.57. The van der Waals surface area contributed by atoms with E-state index >= 15 is 0 Å². The zero-order valence-corrected chi connectivity index (χ0v) is 9.00. The lowest BCUT2D eigenvalue weighted by Crippen LogP contribution is -2.32. The van der Waals surface area contributed by atoms with E-state index in [0.29, 0.717) is 18.7 Å². The maximum Gasteiger partial charge on any atom is 0.126 e. The topological polar surface area (TPSA) is 29.3 Å². The maximum atomic E-state index is 12.9. The molecule has 4 heteroatoms. The standard InChI is InChI=1S/C11H16F2N2/c1-8(14)6-15(2)7-9-3-10(12)5-11(13)4-9/h3-5,8H,6-7,14H2,1-2H3. The van der Waals surface area contributed by atoms with Crippen LogP contribution in [0.3, 0.4) is 0 Å². The van der Waals surface area contributed by atoms with Crippen LogP contribution in [0.5, 0.6) is 0 Å². The highest BCUT2D eigenvalue weighted by Crippen LogP contribution is 2.09. The molecule has 2 nitrogen and oxygen atoms in total. The summed E-state index contributed by atoms with van der Waals surface area (Å²) in [5.41, 5.74) is 6.24. The largest absolute Gasteiger partial charge is 0.327 e. The van der Waals surface area contributed by atoms with Crippen LogP contribution in [0.4, 0.5) is 8.78 Å². The van der Waals surface area contributed by atoms with Gasteiger partial charge in [-0.1, -0.05) is 0 Å². The molecule has 0 radical (unpaired) electrons. The molecule has 0 aromatic heterocycles. The molecule has 0 saturated carbocycles. The van der Waals surface area contributed by atoms with Gasteiger partial charge in [0.1, 0.15) is 11.6 Å². The Balaban J connectivity index is 2.63. The second kappa shape index (κ2) is 5.19. The van der Waals surface area contributed by atoms with Crippen molar-refractivity contribution in [1.29, 1.82) is 0 Å². The zero-order valence-electron chi connectivity index (χ0n) is 9.00. The van der Waals surface area contributed by atoms with Crippen molar-refractivity contribution in [3.8, 4) is 0 Å². The fourth-order valence-corrected chi connectivity index (χ4v) is 1.57. The Bertz CT molecular complexity index is 306. The maximum absolute atomic E-state index is 12.9. The summed E-state index contributed by atoms with van der Waals surface area (Å²) in [6, 6.07) is 3.59. The van der Waals surface area contributed by atoms with Crippen molar-refractivity contribution < 1.29 is 8.78 Å². The van der Waals surface area contributed by atoms with Gasteiger partial charge in [-0.25, -0.2) is 8.78 Å². The highest BCUT2D eigenvalue weighted by Gasteiger charge is 2.05. The minimum absolute atomic E-state index is 0.0495. The molecular weight excluding hydrogens is 198 g/mol. The fraction of sp³-hybridized carbons (Fsp3) is 0.455. The molecule has 0 bridgehead atoms. The van der Waals surface area contributed by atoms with E-state index < -0.39 is 11.6 Å². The monoisotopic (exact) mass is 214 g/mol. The van der Waals surface area contributed by atoms with Gasteiger partial charge in [-0.15, -0.1) is 0 Å². The SMILES string of the molecule is CC(N)CN(C)Cc1cc(F)cc(F)c1. The molecule has 1 unspecified atom stereocenters. The van der Waals surface area contributed by atoms with Gasteiger partial charge < -0.3 is 10.6 Å². The third kappa shape index (κ3) is 4.36. The highest BCUT2D eigenvalue weighted by atomic mass is 19.1. The summed E-state index contributed by atoms with van der Waals surface area (Å²) >= 11 is 0. The third-order valence-electron chi connectivity index (χ3n) is 1.97. The van der Waals surface area contributed by atoms with Crippen LogP contribution >= 0.6 is 0 Å². The Morgan fingerprint density at radius 3 is 2.27 bits per heavy atom. The van der Waals surface area contributed by atoms with Crippen molar-refractivity contribution >= 4 is 0 Å². The first-order chi connectivity index (χ1) is 6.97. The first-order valence-corrected chi connectivity index (χ1v) is 4.86. The molecule has 0 saturated heterocycles. The Morgan fingerprint density at radius 1 is 1.27 bits per heavy atom. The summed E-state index contributed by atoms with van der Waals surface area (Å²) in [5.74, 6) is -1.08. The van der Waals surface area contributed by atoms with E-state index in [1.807, 2.05) is 18.9 Å². The Hall–Kier alpha value is -1.00. The number of halogens is 2. The van der Waals surface area contributed by atoms with Crippen LogP contribution in [-0.4, -0.2) is 24.5 Å². The molecule has 1 rings (SSSR count). The minimum atomic E-state index is -0.542. The van der Waals surface area contributed by atoms with E-state index in [1.165, 1.54) is 12.1 Å². The normalized spacial score (nSPS) is 13.2.